The van der Waals surface area contributed by atoms with Crippen LogP contribution in [0.5, 0.6) is 0 Å². The monoisotopic (exact) mass is 251 g/mol. The highest BCUT2D eigenvalue weighted by Crippen LogP contribution is 2.17. The largest absolute Gasteiger partial charge is 0.480 e. The van der Waals surface area contributed by atoms with Crippen molar-refractivity contribution in [2.45, 2.75) is 13.5 Å². The Labute approximate surface area is 106 Å². The highest BCUT2D eigenvalue weighted by molar-refractivity contribution is 6.31. The molecule has 0 spiro atoms. The summed E-state index contributed by atoms with van der Waals surface area (Å²) in [5.74, 6) is 1.56. The number of benzene rings is 1. The molecule has 0 saturated heterocycles. The van der Waals surface area contributed by atoms with Crippen molar-refractivity contribution in [2.24, 2.45) is 0 Å². The normalized spacial score (nSPS) is 10.2. The predicted octanol–water partition coefficient (Wildman–Crippen LogP) is 2.17. The van der Waals surface area contributed by atoms with Crippen molar-refractivity contribution in [3.63, 3.8) is 0 Å². The molecule has 1 N–H and O–H groups in total. The predicted molar refractivity (Wildman–Crippen MR) is 67.9 cm³/mol. The number of nitrogens with zero attached hydrogens (tertiary/aromatic N) is 1. The topological polar surface area (TPSA) is 40.5 Å². The second kappa shape index (κ2) is 6.29. The van der Waals surface area contributed by atoms with Crippen molar-refractivity contribution in [1.29, 1.82) is 0 Å². The number of halogens is 1. The zero-order valence-corrected chi connectivity index (χ0v) is 10.4. The van der Waals surface area contributed by atoms with Crippen molar-refractivity contribution in [3.8, 4) is 12.3 Å². The molecule has 1 aromatic rings. The Kier molecular flexibility index (Phi) is 5.02. The Hall–Kier alpha value is -1.50. The van der Waals surface area contributed by atoms with Crippen LogP contribution in [0, 0.1) is 19.3 Å². The SMILES string of the molecule is C#CCN(CC(=O)O)Cc1ccc(C)c(Cl)c1. The van der Waals surface area contributed by atoms with Crippen LogP contribution < -0.4 is 0 Å². The third-order valence-corrected chi connectivity index (χ3v) is 2.72. The quantitative estimate of drug-likeness (QED) is 0.816. The van der Waals surface area contributed by atoms with Crippen molar-refractivity contribution in [2.75, 3.05) is 13.1 Å². The van der Waals surface area contributed by atoms with Crippen LogP contribution >= 0.6 is 11.6 Å². The summed E-state index contributed by atoms with van der Waals surface area (Å²) in [5, 5.41) is 9.43. The Balaban J connectivity index is 2.75. The lowest BCUT2D eigenvalue weighted by Crippen LogP contribution is -2.29. The van der Waals surface area contributed by atoms with Gasteiger partial charge in [-0.15, -0.1) is 6.42 Å². The summed E-state index contributed by atoms with van der Waals surface area (Å²) >= 11 is 6.00. The molecule has 0 fully saturated rings. The molecule has 0 aliphatic rings. The number of hydrogen-bond donors (Lipinski definition) is 1. The third kappa shape index (κ3) is 4.48. The highest BCUT2D eigenvalue weighted by Gasteiger charge is 2.09. The van der Waals surface area contributed by atoms with Crippen molar-refractivity contribution >= 4 is 17.6 Å². The molecule has 1 rings (SSSR count). The third-order valence-electron chi connectivity index (χ3n) is 2.32. The molecule has 0 unspecified atom stereocenters. The summed E-state index contributed by atoms with van der Waals surface area (Å²) in [6.45, 7) is 2.63. The number of carboxylic acids is 1. The number of terminal acetylenes is 1. The number of hydrogen-bond acceptors (Lipinski definition) is 2. The minimum Gasteiger partial charge on any atom is -0.480 e. The maximum absolute atomic E-state index is 10.7. The zero-order valence-electron chi connectivity index (χ0n) is 9.61. The van der Waals surface area contributed by atoms with Gasteiger partial charge in [-0.05, 0) is 24.1 Å². The van der Waals surface area contributed by atoms with Crippen LogP contribution in [0.2, 0.25) is 5.02 Å². The molecule has 3 nitrogen and oxygen atoms in total. The molecule has 0 aromatic heterocycles. The highest BCUT2D eigenvalue weighted by atomic mass is 35.5. The van der Waals surface area contributed by atoms with E-state index in [2.05, 4.69) is 5.92 Å². The van der Waals surface area contributed by atoms with Gasteiger partial charge in [0.2, 0.25) is 0 Å². The minimum atomic E-state index is -0.890. The molecule has 17 heavy (non-hydrogen) atoms. The van der Waals surface area contributed by atoms with Crippen LogP contribution in [0.3, 0.4) is 0 Å². The Morgan fingerprint density at radius 2 is 2.29 bits per heavy atom. The van der Waals surface area contributed by atoms with Crippen LogP contribution in [-0.2, 0) is 11.3 Å². The first-order valence-corrected chi connectivity index (χ1v) is 5.53. The van der Waals surface area contributed by atoms with E-state index in [1.807, 2.05) is 25.1 Å². The molecule has 0 heterocycles. The van der Waals surface area contributed by atoms with E-state index in [-0.39, 0.29) is 6.54 Å². The summed E-state index contributed by atoms with van der Waals surface area (Å²) in [6, 6.07) is 5.67. The van der Waals surface area contributed by atoms with E-state index in [1.165, 1.54) is 0 Å². The molecule has 0 amide bonds. The molecule has 0 aliphatic carbocycles. The van der Waals surface area contributed by atoms with Crippen LogP contribution in [0.25, 0.3) is 0 Å². The van der Waals surface area contributed by atoms with Crippen LogP contribution in [0.4, 0.5) is 0 Å². The summed E-state index contributed by atoms with van der Waals surface area (Å²) in [6.07, 6.45) is 5.20. The Morgan fingerprint density at radius 3 is 2.82 bits per heavy atom. The van der Waals surface area contributed by atoms with Crippen LogP contribution in [0.1, 0.15) is 11.1 Å². The summed E-state index contributed by atoms with van der Waals surface area (Å²) in [5.41, 5.74) is 1.95. The first-order valence-electron chi connectivity index (χ1n) is 5.15. The summed E-state index contributed by atoms with van der Waals surface area (Å²) in [4.78, 5) is 12.3. The van der Waals surface area contributed by atoms with Gasteiger partial charge in [0, 0.05) is 11.6 Å². The molecule has 0 aliphatic heterocycles. The molecular weight excluding hydrogens is 238 g/mol. The van der Waals surface area contributed by atoms with E-state index in [0.29, 0.717) is 18.1 Å². The van der Waals surface area contributed by atoms with Gasteiger partial charge in [-0.1, -0.05) is 29.7 Å². The van der Waals surface area contributed by atoms with Gasteiger partial charge in [0.25, 0.3) is 0 Å². The fourth-order valence-corrected chi connectivity index (χ4v) is 1.68. The number of carbonyl (C=O) groups is 1. The van der Waals surface area contributed by atoms with Crippen LogP contribution in [0.15, 0.2) is 18.2 Å². The molecule has 90 valence electrons. The standard InChI is InChI=1S/C13H14ClNO2/c1-3-6-15(9-13(16)17)8-11-5-4-10(2)12(14)7-11/h1,4-5,7H,6,8-9H2,2H3,(H,16,17). The summed E-state index contributed by atoms with van der Waals surface area (Å²) < 4.78 is 0. The second-order valence-corrected chi connectivity index (χ2v) is 4.23. The van der Waals surface area contributed by atoms with Gasteiger partial charge in [0.1, 0.15) is 0 Å². The van der Waals surface area contributed by atoms with E-state index >= 15 is 0 Å². The molecule has 0 bridgehead atoms. The minimum absolute atomic E-state index is 0.0737. The van der Waals surface area contributed by atoms with E-state index in [9.17, 15) is 4.79 Å². The number of aryl methyl sites for hydroxylation is 1. The Morgan fingerprint density at radius 1 is 1.59 bits per heavy atom. The zero-order chi connectivity index (χ0) is 12.8. The van der Waals surface area contributed by atoms with E-state index in [1.54, 1.807) is 4.90 Å². The van der Waals surface area contributed by atoms with Gasteiger partial charge in [-0.25, -0.2) is 0 Å². The van der Waals surface area contributed by atoms with E-state index < -0.39 is 5.97 Å². The maximum atomic E-state index is 10.7. The molecule has 0 saturated carbocycles. The van der Waals surface area contributed by atoms with Gasteiger partial charge in [-0.3, -0.25) is 9.69 Å². The molecule has 4 heteroatoms. The number of rotatable bonds is 5. The number of carboxylic acid groups (broad SMARTS) is 1. The molecule has 0 atom stereocenters. The van der Waals surface area contributed by atoms with Crippen molar-refractivity contribution < 1.29 is 9.90 Å². The average molecular weight is 252 g/mol. The Bertz CT molecular complexity index is 451. The number of aliphatic carboxylic acids is 1. The van der Waals surface area contributed by atoms with Gasteiger partial charge >= 0.3 is 5.97 Å². The van der Waals surface area contributed by atoms with Gasteiger partial charge in [0.05, 0.1) is 13.1 Å². The van der Waals surface area contributed by atoms with E-state index in [0.717, 1.165) is 11.1 Å². The molecule has 0 radical (unpaired) electrons. The van der Waals surface area contributed by atoms with Crippen molar-refractivity contribution in [3.05, 3.63) is 34.3 Å². The first-order chi connectivity index (χ1) is 8.02. The lowest BCUT2D eigenvalue weighted by Gasteiger charge is -2.17. The van der Waals surface area contributed by atoms with Gasteiger partial charge < -0.3 is 5.11 Å². The maximum Gasteiger partial charge on any atom is 0.317 e. The fraction of sp³-hybridized carbons (Fsp3) is 0.308. The lowest BCUT2D eigenvalue weighted by atomic mass is 10.1. The van der Waals surface area contributed by atoms with E-state index in [4.69, 9.17) is 23.1 Å². The second-order valence-electron chi connectivity index (χ2n) is 3.83. The molecule has 1 aromatic carbocycles. The fourth-order valence-electron chi connectivity index (χ4n) is 1.48. The molecular formula is C13H14ClNO2. The first kappa shape index (κ1) is 13.6. The smallest absolute Gasteiger partial charge is 0.317 e. The average Bonchev–Trinajstić information content (AvgIpc) is 2.23. The van der Waals surface area contributed by atoms with Gasteiger partial charge in [0.15, 0.2) is 0 Å². The van der Waals surface area contributed by atoms with Crippen LogP contribution in [-0.4, -0.2) is 29.1 Å². The van der Waals surface area contributed by atoms with Crippen molar-refractivity contribution in [1.82, 2.24) is 4.90 Å². The lowest BCUT2D eigenvalue weighted by molar-refractivity contribution is -0.138. The van der Waals surface area contributed by atoms with Gasteiger partial charge in [-0.2, -0.15) is 0 Å². The summed E-state index contributed by atoms with van der Waals surface area (Å²) in [7, 11) is 0.